The Hall–Kier alpha value is -1.92. The van der Waals surface area contributed by atoms with Gasteiger partial charge in [0.15, 0.2) is 0 Å². The molecule has 2 atom stereocenters. The van der Waals surface area contributed by atoms with Crippen molar-refractivity contribution in [1.82, 2.24) is 10.6 Å². The van der Waals surface area contributed by atoms with Crippen LogP contribution in [0, 0.1) is 5.92 Å². The number of hydrogen-bond acceptors (Lipinski definition) is 3. The van der Waals surface area contributed by atoms with Crippen molar-refractivity contribution < 1.29 is 14.7 Å². The van der Waals surface area contributed by atoms with E-state index in [1.165, 1.54) is 6.92 Å². The molecule has 0 aliphatic rings. The van der Waals surface area contributed by atoms with Crippen LogP contribution in [0.1, 0.15) is 37.6 Å². The van der Waals surface area contributed by atoms with Crippen molar-refractivity contribution in [2.45, 2.75) is 39.3 Å². The van der Waals surface area contributed by atoms with Crippen molar-refractivity contribution in [2.24, 2.45) is 5.92 Å². The fourth-order valence-corrected chi connectivity index (χ4v) is 3.30. The van der Waals surface area contributed by atoms with Crippen molar-refractivity contribution in [1.29, 1.82) is 0 Å². The fourth-order valence-electron chi connectivity index (χ4n) is 2.63. The number of fused-ring (bicyclic) bond motifs is 1. The quantitative estimate of drug-likeness (QED) is 0.642. The molecule has 0 spiro atoms. The summed E-state index contributed by atoms with van der Waals surface area (Å²) in [6, 6.07) is 10.3. The summed E-state index contributed by atoms with van der Waals surface area (Å²) < 4.78 is 0.664. The molecule has 0 unspecified atom stereocenters. The third-order valence-corrected chi connectivity index (χ3v) is 5.03. The number of nitrogens with one attached hydrogen (secondary N) is 2. The lowest BCUT2D eigenvalue weighted by Crippen LogP contribution is -2.52. The third kappa shape index (κ3) is 5.05. The minimum atomic E-state index is -1.01. The molecule has 0 aliphatic heterocycles. The Bertz CT molecular complexity index is 790. The van der Waals surface area contributed by atoms with E-state index in [1.54, 1.807) is 6.07 Å². The Morgan fingerprint density at radius 1 is 1.12 bits per heavy atom. The van der Waals surface area contributed by atoms with E-state index < -0.39 is 18.1 Å². The Kier molecular flexibility index (Phi) is 7.17. The van der Waals surface area contributed by atoms with E-state index in [9.17, 15) is 14.7 Å². The van der Waals surface area contributed by atoms with Crippen molar-refractivity contribution >= 4 is 38.5 Å². The van der Waals surface area contributed by atoms with Crippen LogP contribution in [-0.2, 0) is 4.79 Å². The van der Waals surface area contributed by atoms with Gasteiger partial charge in [-0.3, -0.25) is 9.59 Å². The van der Waals surface area contributed by atoms with Crippen molar-refractivity contribution in [3.63, 3.8) is 0 Å². The normalized spacial score (nSPS) is 13.5. The number of amides is 2. The molecule has 5 nitrogen and oxygen atoms in total. The largest absolute Gasteiger partial charge is 0.391 e. The SMILES string of the molecule is CC(C)CCNC(=O)[C@@H](NC(=O)c1ccc2ccccc2c1Br)[C@@H](C)O. The number of aliphatic hydroxyl groups is 1. The zero-order valence-corrected chi connectivity index (χ0v) is 16.8. The lowest BCUT2D eigenvalue weighted by molar-refractivity contribution is -0.125. The highest BCUT2D eigenvalue weighted by Crippen LogP contribution is 2.27. The number of aliphatic hydroxyl groups excluding tert-OH is 1. The monoisotopic (exact) mass is 420 g/mol. The van der Waals surface area contributed by atoms with Crippen molar-refractivity contribution in [2.75, 3.05) is 6.54 Å². The van der Waals surface area contributed by atoms with E-state index in [1.807, 2.05) is 30.3 Å². The molecule has 0 aromatic heterocycles. The molecular formula is C20H25BrN2O3. The van der Waals surface area contributed by atoms with Crippen LogP contribution in [0.3, 0.4) is 0 Å². The molecule has 0 radical (unpaired) electrons. The molecule has 6 heteroatoms. The number of rotatable bonds is 7. The number of carbonyl (C=O) groups is 2. The molecule has 2 aromatic rings. The van der Waals surface area contributed by atoms with Crippen LogP contribution in [0.25, 0.3) is 10.8 Å². The molecule has 0 saturated carbocycles. The second-order valence-electron chi connectivity index (χ2n) is 6.81. The fraction of sp³-hybridized carbons (Fsp3) is 0.400. The lowest BCUT2D eigenvalue weighted by atomic mass is 10.1. The molecule has 0 heterocycles. The van der Waals surface area contributed by atoms with Gasteiger partial charge in [0.2, 0.25) is 5.91 Å². The van der Waals surface area contributed by atoms with Gasteiger partial charge < -0.3 is 15.7 Å². The first kappa shape index (κ1) is 20.4. The molecule has 26 heavy (non-hydrogen) atoms. The standard InChI is InChI=1S/C20H25BrN2O3/c1-12(2)10-11-22-20(26)18(13(3)24)23-19(25)16-9-8-14-6-4-5-7-15(14)17(16)21/h4-9,12-13,18,24H,10-11H2,1-3H3,(H,22,26)(H,23,25)/t13-,18+/m1/s1. The van der Waals surface area contributed by atoms with E-state index in [-0.39, 0.29) is 5.91 Å². The van der Waals surface area contributed by atoms with Gasteiger partial charge in [0.05, 0.1) is 11.7 Å². The molecule has 2 aromatic carbocycles. The van der Waals surface area contributed by atoms with Gasteiger partial charge in [0, 0.05) is 11.0 Å². The van der Waals surface area contributed by atoms with E-state index in [2.05, 4.69) is 40.4 Å². The first-order valence-corrected chi connectivity index (χ1v) is 9.54. The van der Waals surface area contributed by atoms with E-state index in [0.717, 1.165) is 17.2 Å². The van der Waals surface area contributed by atoms with Crippen LogP contribution in [-0.4, -0.2) is 35.6 Å². The molecule has 3 N–H and O–H groups in total. The zero-order valence-electron chi connectivity index (χ0n) is 15.3. The predicted molar refractivity (Wildman–Crippen MR) is 107 cm³/mol. The topological polar surface area (TPSA) is 78.4 Å². The highest BCUT2D eigenvalue weighted by molar-refractivity contribution is 9.10. The van der Waals surface area contributed by atoms with E-state index in [4.69, 9.17) is 0 Å². The Labute approximate surface area is 162 Å². The summed E-state index contributed by atoms with van der Waals surface area (Å²) in [7, 11) is 0. The molecule has 0 saturated heterocycles. The highest BCUT2D eigenvalue weighted by Gasteiger charge is 2.26. The predicted octanol–water partition coefficient (Wildman–Crippen LogP) is 3.24. The molecule has 2 amide bonds. The molecular weight excluding hydrogens is 396 g/mol. The van der Waals surface area contributed by atoms with Crippen molar-refractivity contribution in [3.8, 4) is 0 Å². The van der Waals surface area contributed by atoms with Gasteiger partial charge in [-0.2, -0.15) is 0 Å². The second kappa shape index (κ2) is 9.14. The van der Waals surface area contributed by atoms with E-state index in [0.29, 0.717) is 22.5 Å². The molecule has 0 aliphatic carbocycles. The summed E-state index contributed by atoms with van der Waals surface area (Å²) in [5, 5.41) is 17.3. The minimum absolute atomic E-state index is 0.383. The minimum Gasteiger partial charge on any atom is -0.391 e. The molecule has 2 rings (SSSR count). The Morgan fingerprint density at radius 3 is 2.46 bits per heavy atom. The van der Waals surface area contributed by atoms with Gasteiger partial charge in [0.25, 0.3) is 5.91 Å². The first-order valence-electron chi connectivity index (χ1n) is 8.75. The number of carbonyl (C=O) groups excluding carboxylic acids is 2. The summed E-state index contributed by atoms with van der Waals surface area (Å²) in [6.07, 6.45) is -0.167. The summed E-state index contributed by atoms with van der Waals surface area (Å²) >= 11 is 3.48. The average Bonchev–Trinajstić information content (AvgIpc) is 2.59. The van der Waals surface area contributed by atoms with Crippen LogP contribution in [0.2, 0.25) is 0 Å². The zero-order chi connectivity index (χ0) is 19.3. The molecule has 140 valence electrons. The Balaban J connectivity index is 2.15. The van der Waals surface area contributed by atoms with Crippen LogP contribution in [0.4, 0.5) is 0 Å². The first-order chi connectivity index (χ1) is 12.3. The Morgan fingerprint density at radius 2 is 1.81 bits per heavy atom. The number of halogens is 1. The lowest BCUT2D eigenvalue weighted by Gasteiger charge is -2.21. The van der Waals surface area contributed by atoms with Gasteiger partial charge in [0.1, 0.15) is 6.04 Å². The van der Waals surface area contributed by atoms with Crippen LogP contribution in [0.15, 0.2) is 40.9 Å². The molecule has 0 bridgehead atoms. The maximum Gasteiger partial charge on any atom is 0.253 e. The third-order valence-electron chi connectivity index (χ3n) is 4.18. The summed E-state index contributed by atoms with van der Waals surface area (Å²) in [4.78, 5) is 25.0. The van der Waals surface area contributed by atoms with Gasteiger partial charge >= 0.3 is 0 Å². The summed E-state index contributed by atoms with van der Waals surface area (Å²) in [5.41, 5.74) is 0.421. The number of hydrogen-bond donors (Lipinski definition) is 3. The van der Waals surface area contributed by atoms with Crippen LogP contribution in [0.5, 0.6) is 0 Å². The van der Waals surface area contributed by atoms with Gasteiger partial charge in [-0.05, 0) is 52.0 Å². The summed E-state index contributed by atoms with van der Waals surface area (Å²) in [5.74, 6) is -0.332. The summed E-state index contributed by atoms with van der Waals surface area (Å²) in [6.45, 7) is 6.13. The number of benzene rings is 2. The molecule has 0 fully saturated rings. The maximum absolute atomic E-state index is 12.7. The average molecular weight is 421 g/mol. The van der Waals surface area contributed by atoms with Crippen LogP contribution >= 0.6 is 15.9 Å². The maximum atomic E-state index is 12.7. The van der Waals surface area contributed by atoms with E-state index >= 15 is 0 Å². The van der Waals surface area contributed by atoms with Crippen LogP contribution < -0.4 is 10.6 Å². The smallest absolute Gasteiger partial charge is 0.253 e. The van der Waals surface area contributed by atoms with Gasteiger partial charge in [-0.1, -0.05) is 44.2 Å². The highest BCUT2D eigenvalue weighted by atomic mass is 79.9. The van der Waals surface area contributed by atoms with Gasteiger partial charge in [-0.15, -0.1) is 0 Å². The van der Waals surface area contributed by atoms with Crippen molar-refractivity contribution in [3.05, 3.63) is 46.4 Å². The van der Waals surface area contributed by atoms with Gasteiger partial charge in [-0.25, -0.2) is 0 Å². The second-order valence-corrected chi connectivity index (χ2v) is 7.61.